The molecule has 2 rings (SSSR count). The van der Waals surface area contributed by atoms with Gasteiger partial charge < -0.3 is 10.5 Å². The second kappa shape index (κ2) is 4.20. The highest BCUT2D eigenvalue weighted by Crippen LogP contribution is 2.31. The average molecular weight is 212 g/mol. The molecule has 0 amide bonds. The Balaban J connectivity index is 2.23. The Labute approximate surface area is 89.0 Å². The minimum absolute atomic E-state index is 0.712. The van der Waals surface area contributed by atoms with E-state index in [1.165, 1.54) is 11.1 Å². The molecule has 2 N–H and O–H groups in total. The molecule has 1 aromatic rings. The number of rotatable bonds is 3. The van der Waals surface area contributed by atoms with Crippen molar-refractivity contribution in [2.75, 3.05) is 13.2 Å². The number of fused-ring (bicyclic) bond motifs is 1. The molecule has 0 atom stereocenters. The molecule has 0 fully saturated rings. The fraction of sp³-hybridized carbons (Fsp3) is 0.455. The van der Waals surface area contributed by atoms with E-state index in [1.54, 1.807) is 0 Å². The van der Waals surface area contributed by atoms with Crippen LogP contribution in [0.2, 0.25) is 5.02 Å². The molecule has 1 aliphatic rings. The smallest absolute Gasteiger partial charge is 0.124 e. The number of aryl methyl sites for hydroxylation is 1. The summed E-state index contributed by atoms with van der Waals surface area (Å²) in [6, 6.07) is 4.08. The first-order valence-corrected chi connectivity index (χ1v) is 5.33. The molecule has 0 aromatic heterocycles. The van der Waals surface area contributed by atoms with Gasteiger partial charge in [0.2, 0.25) is 0 Å². The molecular formula is C11H14ClNO. The van der Waals surface area contributed by atoms with E-state index in [2.05, 4.69) is 6.07 Å². The molecule has 1 heterocycles. The van der Waals surface area contributed by atoms with E-state index >= 15 is 0 Å². The largest absolute Gasteiger partial charge is 0.493 e. The van der Waals surface area contributed by atoms with Gasteiger partial charge in [-0.15, -0.1) is 0 Å². The Kier molecular flexibility index (Phi) is 2.94. The molecule has 0 saturated carbocycles. The number of hydrogen-bond donors (Lipinski definition) is 1. The number of hydrogen-bond acceptors (Lipinski definition) is 2. The van der Waals surface area contributed by atoms with E-state index in [9.17, 15) is 0 Å². The predicted octanol–water partition coefficient (Wildman–Crippen LogP) is 2.17. The molecule has 0 bridgehead atoms. The lowest BCUT2D eigenvalue weighted by Crippen LogP contribution is -2.00. The molecule has 76 valence electrons. The van der Waals surface area contributed by atoms with E-state index in [0.717, 1.165) is 36.6 Å². The van der Waals surface area contributed by atoms with Crippen LogP contribution in [0.4, 0.5) is 0 Å². The summed E-state index contributed by atoms with van der Waals surface area (Å²) >= 11 is 6.12. The summed E-state index contributed by atoms with van der Waals surface area (Å²) in [6.07, 6.45) is 2.95. The van der Waals surface area contributed by atoms with Crippen LogP contribution in [0.3, 0.4) is 0 Å². The van der Waals surface area contributed by atoms with Crippen LogP contribution in [0.5, 0.6) is 5.75 Å². The summed E-state index contributed by atoms with van der Waals surface area (Å²) in [6.45, 7) is 1.50. The molecule has 1 aliphatic heterocycles. The van der Waals surface area contributed by atoms with Gasteiger partial charge >= 0.3 is 0 Å². The van der Waals surface area contributed by atoms with E-state index in [-0.39, 0.29) is 0 Å². The predicted molar refractivity (Wildman–Crippen MR) is 58.0 cm³/mol. The number of nitrogens with two attached hydrogens (primary N) is 1. The lowest BCUT2D eigenvalue weighted by atomic mass is 10.0. The van der Waals surface area contributed by atoms with Crippen LogP contribution in [0.25, 0.3) is 0 Å². The van der Waals surface area contributed by atoms with E-state index in [4.69, 9.17) is 22.1 Å². The van der Waals surface area contributed by atoms with E-state index in [1.807, 2.05) is 6.07 Å². The molecule has 0 aliphatic carbocycles. The van der Waals surface area contributed by atoms with Crippen LogP contribution in [0, 0.1) is 0 Å². The Hall–Kier alpha value is -0.730. The lowest BCUT2D eigenvalue weighted by molar-refractivity contribution is 0.357. The normalized spacial score (nSPS) is 13.9. The fourth-order valence-electron chi connectivity index (χ4n) is 1.74. The zero-order valence-corrected chi connectivity index (χ0v) is 8.81. The third kappa shape index (κ3) is 1.86. The summed E-state index contributed by atoms with van der Waals surface area (Å²) in [5.41, 5.74) is 7.95. The number of benzene rings is 1. The minimum atomic E-state index is 0.712. The highest BCUT2D eigenvalue weighted by Gasteiger charge is 2.14. The quantitative estimate of drug-likeness (QED) is 0.832. The van der Waals surface area contributed by atoms with Gasteiger partial charge in [-0.25, -0.2) is 0 Å². The second-order valence-corrected chi connectivity index (χ2v) is 3.95. The molecule has 3 heteroatoms. The van der Waals surface area contributed by atoms with Crippen LogP contribution >= 0.6 is 11.6 Å². The standard InChI is InChI=1S/C11H14ClNO/c12-10-7-11-9(3-5-14-11)6-8(10)2-1-4-13/h6-7H,1-5,13H2. The van der Waals surface area contributed by atoms with E-state index in [0.29, 0.717) is 6.54 Å². The lowest BCUT2D eigenvalue weighted by Gasteiger charge is -2.06. The molecular weight excluding hydrogens is 198 g/mol. The van der Waals surface area contributed by atoms with Gasteiger partial charge in [-0.1, -0.05) is 17.7 Å². The maximum atomic E-state index is 6.12. The van der Waals surface area contributed by atoms with E-state index < -0.39 is 0 Å². The topological polar surface area (TPSA) is 35.2 Å². The van der Waals surface area contributed by atoms with Crippen LogP contribution in [0.15, 0.2) is 12.1 Å². The van der Waals surface area contributed by atoms with Crippen molar-refractivity contribution in [2.24, 2.45) is 5.73 Å². The van der Waals surface area contributed by atoms with Gasteiger partial charge in [0, 0.05) is 11.4 Å². The maximum absolute atomic E-state index is 6.12. The Bertz CT molecular complexity index is 338. The molecule has 14 heavy (non-hydrogen) atoms. The van der Waals surface area contributed by atoms with Crippen LogP contribution in [0.1, 0.15) is 17.5 Å². The van der Waals surface area contributed by atoms with Crippen molar-refractivity contribution in [1.82, 2.24) is 0 Å². The first kappa shape index (κ1) is 9.81. The van der Waals surface area contributed by atoms with Crippen molar-refractivity contribution in [1.29, 1.82) is 0 Å². The third-order valence-corrected chi connectivity index (χ3v) is 2.86. The second-order valence-electron chi connectivity index (χ2n) is 3.54. The summed E-state index contributed by atoms with van der Waals surface area (Å²) in [5, 5.41) is 0.805. The molecule has 0 saturated heterocycles. The Morgan fingerprint density at radius 2 is 2.29 bits per heavy atom. The molecule has 1 aromatic carbocycles. The van der Waals surface area contributed by atoms with Gasteiger partial charge in [-0.05, 0) is 36.6 Å². The molecule has 0 spiro atoms. The van der Waals surface area contributed by atoms with Crippen molar-refractivity contribution in [2.45, 2.75) is 19.3 Å². The van der Waals surface area contributed by atoms with Crippen LogP contribution < -0.4 is 10.5 Å². The monoisotopic (exact) mass is 211 g/mol. The van der Waals surface area contributed by atoms with Crippen LogP contribution in [-0.2, 0) is 12.8 Å². The van der Waals surface area contributed by atoms with Gasteiger partial charge in [0.05, 0.1) is 6.61 Å². The van der Waals surface area contributed by atoms with Crippen molar-refractivity contribution < 1.29 is 4.74 Å². The number of ether oxygens (including phenoxy) is 1. The van der Waals surface area contributed by atoms with Crippen molar-refractivity contribution >= 4 is 11.6 Å². The van der Waals surface area contributed by atoms with Gasteiger partial charge in [-0.3, -0.25) is 0 Å². The maximum Gasteiger partial charge on any atom is 0.124 e. The van der Waals surface area contributed by atoms with Gasteiger partial charge in [0.15, 0.2) is 0 Å². The molecule has 2 nitrogen and oxygen atoms in total. The first-order chi connectivity index (χ1) is 6.81. The van der Waals surface area contributed by atoms with Gasteiger partial charge in [0.25, 0.3) is 0 Å². The Morgan fingerprint density at radius 3 is 3.07 bits per heavy atom. The van der Waals surface area contributed by atoms with Gasteiger partial charge in [0.1, 0.15) is 5.75 Å². The third-order valence-electron chi connectivity index (χ3n) is 2.51. The SMILES string of the molecule is NCCCc1cc2c(cc1Cl)OCC2. The summed E-state index contributed by atoms with van der Waals surface area (Å²) in [4.78, 5) is 0. The average Bonchev–Trinajstić information content (AvgIpc) is 2.61. The minimum Gasteiger partial charge on any atom is -0.493 e. The molecule has 0 unspecified atom stereocenters. The number of halogens is 1. The highest BCUT2D eigenvalue weighted by atomic mass is 35.5. The van der Waals surface area contributed by atoms with Crippen molar-refractivity contribution in [3.63, 3.8) is 0 Å². The zero-order chi connectivity index (χ0) is 9.97. The summed E-state index contributed by atoms with van der Waals surface area (Å²) in [7, 11) is 0. The van der Waals surface area contributed by atoms with Crippen molar-refractivity contribution in [3.8, 4) is 5.75 Å². The summed E-state index contributed by atoms with van der Waals surface area (Å²) in [5.74, 6) is 0.950. The Morgan fingerprint density at radius 1 is 1.43 bits per heavy atom. The zero-order valence-electron chi connectivity index (χ0n) is 8.05. The van der Waals surface area contributed by atoms with Gasteiger partial charge in [-0.2, -0.15) is 0 Å². The first-order valence-electron chi connectivity index (χ1n) is 4.95. The summed E-state index contributed by atoms with van der Waals surface area (Å²) < 4.78 is 5.43. The molecule has 0 radical (unpaired) electrons. The fourth-order valence-corrected chi connectivity index (χ4v) is 1.98. The van der Waals surface area contributed by atoms with Crippen molar-refractivity contribution in [3.05, 3.63) is 28.3 Å². The highest BCUT2D eigenvalue weighted by molar-refractivity contribution is 6.31. The van der Waals surface area contributed by atoms with Crippen LogP contribution in [-0.4, -0.2) is 13.2 Å².